The van der Waals surface area contributed by atoms with Gasteiger partial charge in [-0.2, -0.15) is 0 Å². The summed E-state index contributed by atoms with van der Waals surface area (Å²) in [5.41, 5.74) is 1.89. The van der Waals surface area contributed by atoms with Crippen LogP contribution in [-0.2, 0) is 19.5 Å². The van der Waals surface area contributed by atoms with Gasteiger partial charge in [0.15, 0.2) is 5.60 Å². The Kier molecular flexibility index (Phi) is 8.81. The summed E-state index contributed by atoms with van der Waals surface area (Å²) in [6.45, 7) is 2.74. The van der Waals surface area contributed by atoms with Crippen LogP contribution in [-0.4, -0.2) is 15.2 Å². The minimum absolute atomic E-state index is 0.574. The number of unbranched alkanes of at least 4 members (excludes halogenated alkanes) is 1. The Balaban J connectivity index is 1.71. The molecule has 0 radical (unpaired) electrons. The van der Waals surface area contributed by atoms with Gasteiger partial charge < -0.3 is 4.43 Å². The van der Waals surface area contributed by atoms with Gasteiger partial charge in [-0.1, -0.05) is 165 Å². The molecule has 0 fully saturated rings. The average molecular weight is 531 g/mol. The molecule has 0 atom stereocenters. The zero-order valence-corrected chi connectivity index (χ0v) is 23.3. The molecular formula is C35H34O3Si. The molecule has 4 heteroatoms. The summed E-state index contributed by atoms with van der Waals surface area (Å²) in [7, 11) is -3.32. The van der Waals surface area contributed by atoms with E-state index in [1.165, 1.54) is 0 Å². The van der Waals surface area contributed by atoms with Gasteiger partial charge in [0.25, 0.3) is 0 Å². The molecular weight excluding hydrogens is 496 g/mol. The fourth-order valence-corrected chi connectivity index (χ4v) is 7.76. The second-order valence-corrected chi connectivity index (χ2v) is 12.3. The highest BCUT2D eigenvalue weighted by Gasteiger charge is 2.48. The van der Waals surface area contributed by atoms with E-state index < -0.39 is 14.2 Å². The first kappa shape index (κ1) is 26.8. The van der Waals surface area contributed by atoms with Gasteiger partial charge in [0.2, 0.25) is 0 Å². The van der Waals surface area contributed by atoms with Crippen molar-refractivity contribution in [3.63, 3.8) is 0 Å². The lowest BCUT2D eigenvalue weighted by Crippen LogP contribution is -2.64. The van der Waals surface area contributed by atoms with Crippen LogP contribution in [0.1, 0.15) is 36.5 Å². The maximum Gasteiger partial charge on any atom is 0.440 e. The monoisotopic (exact) mass is 530 g/mol. The molecule has 0 aliphatic carbocycles. The minimum atomic E-state index is -3.32. The summed E-state index contributed by atoms with van der Waals surface area (Å²) in [5.74, 6) is 0. The second-order valence-electron chi connectivity index (χ2n) is 9.50. The Morgan fingerprint density at radius 2 is 0.872 bits per heavy atom. The third-order valence-electron chi connectivity index (χ3n) is 6.94. The topological polar surface area (TPSA) is 27.7 Å². The van der Waals surface area contributed by atoms with Gasteiger partial charge in [0.05, 0.1) is 0 Å². The molecule has 0 amide bonds. The number of rotatable bonds is 12. The van der Waals surface area contributed by atoms with E-state index in [4.69, 9.17) is 13.9 Å². The largest absolute Gasteiger partial charge is 0.440 e. The van der Waals surface area contributed by atoms with Crippen molar-refractivity contribution in [1.29, 1.82) is 0 Å². The molecule has 3 nitrogen and oxygen atoms in total. The van der Waals surface area contributed by atoms with Crippen LogP contribution in [0.2, 0.25) is 0 Å². The van der Waals surface area contributed by atoms with E-state index in [2.05, 4.69) is 67.6 Å². The van der Waals surface area contributed by atoms with Crippen molar-refractivity contribution in [3.05, 3.63) is 168 Å². The number of hydrogen-bond acceptors (Lipinski definition) is 3. The van der Waals surface area contributed by atoms with Crippen LogP contribution in [0.3, 0.4) is 0 Å². The lowest BCUT2D eigenvalue weighted by Gasteiger charge is -2.38. The molecule has 0 aliphatic rings. The first-order valence-corrected chi connectivity index (χ1v) is 15.4. The van der Waals surface area contributed by atoms with E-state index in [0.29, 0.717) is 6.61 Å². The lowest BCUT2D eigenvalue weighted by molar-refractivity contribution is -0.287. The highest BCUT2D eigenvalue weighted by Crippen LogP contribution is 2.41. The van der Waals surface area contributed by atoms with Gasteiger partial charge in [-0.15, -0.1) is 0 Å². The fraction of sp³-hybridized carbons (Fsp3) is 0.143. The van der Waals surface area contributed by atoms with Crippen LogP contribution in [0, 0.1) is 0 Å². The quantitative estimate of drug-likeness (QED) is 0.0571. The summed E-state index contributed by atoms with van der Waals surface area (Å²) in [6, 6.07) is 51.4. The zero-order valence-electron chi connectivity index (χ0n) is 22.3. The fourth-order valence-electron chi connectivity index (χ4n) is 4.91. The van der Waals surface area contributed by atoms with E-state index in [1.54, 1.807) is 0 Å². The van der Waals surface area contributed by atoms with Gasteiger partial charge in [0, 0.05) is 17.0 Å². The lowest BCUT2D eigenvalue weighted by atomic mass is 9.80. The Labute approximate surface area is 232 Å². The van der Waals surface area contributed by atoms with Crippen molar-refractivity contribution >= 4 is 18.9 Å². The summed E-state index contributed by atoms with van der Waals surface area (Å²) in [4.78, 5) is 6.93. The molecule has 0 spiro atoms. The predicted molar refractivity (Wildman–Crippen MR) is 160 cm³/mol. The van der Waals surface area contributed by atoms with Crippen molar-refractivity contribution in [3.8, 4) is 0 Å². The van der Waals surface area contributed by atoms with Crippen LogP contribution in [0.15, 0.2) is 152 Å². The number of benzene rings is 5. The highest BCUT2D eigenvalue weighted by atomic mass is 28.4. The van der Waals surface area contributed by atoms with E-state index >= 15 is 0 Å². The van der Waals surface area contributed by atoms with Crippen LogP contribution in [0.5, 0.6) is 0 Å². The Bertz CT molecular complexity index is 1260. The molecule has 0 saturated heterocycles. The van der Waals surface area contributed by atoms with Gasteiger partial charge in [-0.05, 0) is 23.1 Å². The average Bonchev–Trinajstić information content (AvgIpc) is 3.03. The van der Waals surface area contributed by atoms with Crippen LogP contribution < -0.4 is 10.4 Å². The van der Waals surface area contributed by atoms with Crippen molar-refractivity contribution in [2.45, 2.75) is 25.4 Å². The predicted octanol–water partition coefficient (Wildman–Crippen LogP) is 7.00. The van der Waals surface area contributed by atoms with Crippen molar-refractivity contribution in [2.75, 3.05) is 6.61 Å². The first-order chi connectivity index (χ1) is 19.3. The van der Waals surface area contributed by atoms with Crippen LogP contribution in [0.25, 0.3) is 0 Å². The van der Waals surface area contributed by atoms with Crippen LogP contribution in [0.4, 0.5) is 0 Å². The molecule has 0 saturated carbocycles. The van der Waals surface area contributed by atoms with E-state index in [0.717, 1.165) is 39.9 Å². The zero-order chi connectivity index (χ0) is 26.8. The second kappa shape index (κ2) is 12.8. The SMILES string of the molecule is CCCCO[Si](OOC(c1ccccc1)(c1ccccc1)c1ccccc1)(c1ccccc1)c1ccccc1. The first-order valence-electron chi connectivity index (χ1n) is 13.6. The normalized spacial score (nSPS) is 11.8. The molecule has 0 heterocycles. The highest BCUT2D eigenvalue weighted by molar-refractivity contribution is 6.92. The van der Waals surface area contributed by atoms with E-state index in [9.17, 15) is 0 Å². The van der Waals surface area contributed by atoms with Gasteiger partial charge in [-0.3, -0.25) is 0 Å². The summed E-state index contributed by atoms with van der Waals surface area (Å²) < 4.78 is 13.7. The number of hydrogen-bond donors (Lipinski definition) is 0. The van der Waals surface area contributed by atoms with Crippen LogP contribution >= 0.6 is 0 Å². The van der Waals surface area contributed by atoms with Gasteiger partial charge in [-0.25, -0.2) is 9.46 Å². The summed E-state index contributed by atoms with van der Waals surface area (Å²) >= 11 is 0. The molecule has 5 aromatic rings. The standard InChI is InChI=1S/C35H34O3Si/c1-2-3-29-36-39(33-25-15-7-16-26-33,34-27-17-8-18-28-34)38-37-35(30-19-9-4-10-20-30,31-21-11-5-12-22-31)32-23-13-6-14-24-32/h4-28H,2-3,29H2,1H3. The molecule has 39 heavy (non-hydrogen) atoms. The minimum Gasteiger partial charge on any atom is -0.386 e. The van der Waals surface area contributed by atoms with Crippen molar-refractivity contribution < 1.29 is 13.9 Å². The smallest absolute Gasteiger partial charge is 0.386 e. The maximum atomic E-state index is 6.93. The molecule has 5 rings (SSSR count). The maximum absolute atomic E-state index is 6.93. The van der Waals surface area contributed by atoms with E-state index in [1.807, 2.05) is 91.0 Å². The molecule has 0 aliphatic heterocycles. The molecule has 0 bridgehead atoms. The molecule has 0 aromatic heterocycles. The molecule has 5 aromatic carbocycles. The third kappa shape index (κ3) is 5.65. The summed E-state index contributed by atoms with van der Waals surface area (Å²) in [6.07, 6.45) is 1.95. The van der Waals surface area contributed by atoms with Crippen molar-refractivity contribution in [1.82, 2.24) is 0 Å². The summed E-state index contributed by atoms with van der Waals surface area (Å²) in [5, 5.41) is 1.99. The van der Waals surface area contributed by atoms with Gasteiger partial charge >= 0.3 is 8.56 Å². The Hall–Kier alpha value is -3.80. The Morgan fingerprint density at radius 1 is 0.513 bits per heavy atom. The Morgan fingerprint density at radius 3 is 1.23 bits per heavy atom. The molecule has 0 unspecified atom stereocenters. The molecule has 196 valence electrons. The van der Waals surface area contributed by atoms with Crippen molar-refractivity contribution in [2.24, 2.45) is 0 Å². The molecule has 0 N–H and O–H groups in total. The third-order valence-corrected chi connectivity index (χ3v) is 10.1. The van der Waals surface area contributed by atoms with Gasteiger partial charge in [0.1, 0.15) is 0 Å². The van der Waals surface area contributed by atoms with E-state index in [-0.39, 0.29) is 0 Å².